The van der Waals surface area contributed by atoms with Crippen molar-refractivity contribution in [1.29, 1.82) is 0 Å². The molecule has 0 unspecified atom stereocenters. The molecule has 0 saturated carbocycles. The number of carbonyl (C=O) groups excluding carboxylic acids is 1. The molecule has 0 atom stereocenters. The van der Waals surface area contributed by atoms with Gasteiger partial charge in [0.25, 0.3) is 5.91 Å². The fourth-order valence-corrected chi connectivity index (χ4v) is 4.20. The molecule has 150 valence electrons. The highest BCUT2D eigenvalue weighted by molar-refractivity contribution is 7.13. The number of anilines is 3. The average Bonchev–Trinajstić information content (AvgIpc) is 3.29. The number of rotatable bonds is 5. The maximum absolute atomic E-state index is 12.8. The third kappa shape index (κ3) is 4.40. The van der Waals surface area contributed by atoms with E-state index in [1.807, 2.05) is 54.7 Å². The molecule has 29 heavy (non-hydrogen) atoms. The van der Waals surface area contributed by atoms with E-state index in [0.717, 1.165) is 24.6 Å². The fraction of sp³-hybridized carbons (Fsp3) is 0.318. The van der Waals surface area contributed by atoms with E-state index < -0.39 is 0 Å². The molecule has 4 rings (SSSR count). The summed E-state index contributed by atoms with van der Waals surface area (Å²) in [6.45, 7) is 1.96. The van der Waals surface area contributed by atoms with Crippen molar-refractivity contribution in [2.75, 3.05) is 42.3 Å². The minimum absolute atomic E-state index is 0.167. The molecule has 1 saturated heterocycles. The molecule has 1 aliphatic rings. The van der Waals surface area contributed by atoms with Crippen LogP contribution in [0.25, 0.3) is 10.4 Å². The molecule has 1 amide bonds. The van der Waals surface area contributed by atoms with Gasteiger partial charge in [-0.25, -0.2) is 4.98 Å². The molecule has 1 N–H and O–H groups in total. The Kier molecular flexibility index (Phi) is 5.76. The van der Waals surface area contributed by atoms with Crippen molar-refractivity contribution in [1.82, 2.24) is 9.97 Å². The van der Waals surface area contributed by atoms with Crippen LogP contribution in [-0.2, 0) is 0 Å². The number of benzene rings is 1. The number of nitrogens with zero attached hydrogens (tertiary/aromatic N) is 4. The summed E-state index contributed by atoms with van der Waals surface area (Å²) in [4.78, 5) is 27.3. The SMILES string of the molecule is CN(C)c1nc(N2CCCCC2)ncc1NC(=O)c1ccc(-c2cccs2)cc1. The lowest BCUT2D eigenvalue weighted by atomic mass is 10.1. The van der Waals surface area contributed by atoms with E-state index in [1.54, 1.807) is 17.5 Å². The minimum atomic E-state index is -0.167. The summed E-state index contributed by atoms with van der Waals surface area (Å²) in [5.41, 5.74) is 2.33. The van der Waals surface area contributed by atoms with Crippen LogP contribution in [0.1, 0.15) is 29.6 Å². The van der Waals surface area contributed by atoms with Gasteiger partial charge in [-0.15, -0.1) is 11.3 Å². The number of hydrogen-bond donors (Lipinski definition) is 1. The monoisotopic (exact) mass is 407 g/mol. The standard InChI is InChI=1S/C22H25N5OS/c1-26(2)20-18(15-23-22(25-20)27-12-4-3-5-13-27)24-21(28)17-10-8-16(9-11-17)19-7-6-14-29-19/h6-11,14-15H,3-5,12-13H2,1-2H3,(H,24,28). The number of piperidine rings is 1. The first kappa shape index (κ1) is 19.4. The van der Waals surface area contributed by atoms with E-state index in [4.69, 9.17) is 4.98 Å². The van der Waals surface area contributed by atoms with Gasteiger partial charge in [0, 0.05) is 37.6 Å². The maximum Gasteiger partial charge on any atom is 0.255 e. The van der Waals surface area contributed by atoms with Gasteiger partial charge in [-0.2, -0.15) is 4.98 Å². The highest BCUT2D eigenvalue weighted by Crippen LogP contribution is 2.27. The van der Waals surface area contributed by atoms with Gasteiger partial charge in [0.05, 0.1) is 6.20 Å². The van der Waals surface area contributed by atoms with Crippen LogP contribution < -0.4 is 15.1 Å². The molecule has 7 heteroatoms. The summed E-state index contributed by atoms with van der Waals surface area (Å²) >= 11 is 1.68. The topological polar surface area (TPSA) is 61.4 Å². The third-order valence-electron chi connectivity index (χ3n) is 5.02. The maximum atomic E-state index is 12.8. The van der Waals surface area contributed by atoms with Gasteiger partial charge in [-0.3, -0.25) is 4.79 Å². The van der Waals surface area contributed by atoms with Crippen molar-refractivity contribution in [3.8, 4) is 10.4 Å². The van der Waals surface area contributed by atoms with Crippen LogP contribution in [0.5, 0.6) is 0 Å². The molecule has 0 aliphatic carbocycles. The van der Waals surface area contributed by atoms with Crippen molar-refractivity contribution in [3.63, 3.8) is 0 Å². The Bertz CT molecular complexity index is 963. The van der Waals surface area contributed by atoms with Gasteiger partial charge in [0.1, 0.15) is 5.69 Å². The molecule has 0 radical (unpaired) electrons. The van der Waals surface area contributed by atoms with Crippen molar-refractivity contribution in [2.45, 2.75) is 19.3 Å². The smallest absolute Gasteiger partial charge is 0.255 e. The zero-order valence-electron chi connectivity index (χ0n) is 16.8. The lowest BCUT2D eigenvalue weighted by Gasteiger charge is -2.28. The quantitative estimate of drug-likeness (QED) is 0.674. The number of thiophene rings is 1. The number of nitrogens with one attached hydrogen (secondary N) is 1. The Morgan fingerprint density at radius 1 is 1.10 bits per heavy atom. The van der Waals surface area contributed by atoms with Crippen molar-refractivity contribution < 1.29 is 4.79 Å². The van der Waals surface area contributed by atoms with Crippen LogP contribution >= 0.6 is 11.3 Å². The normalized spacial score (nSPS) is 13.9. The second kappa shape index (κ2) is 8.61. The van der Waals surface area contributed by atoms with Crippen LogP contribution in [0, 0.1) is 0 Å². The Labute approximate surface area is 175 Å². The molecular formula is C22H25N5OS. The Hall–Kier alpha value is -2.93. The highest BCUT2D eigenvalue weighted by atomic mass is 32.1. The van der Waals surface area contributed by atoms with Crippen molar-refractivity contribution in [3.05, 3.63) is 53.5 Å². The van der Waals surface area contributed by atoms with E-state index in [0.29, 0.717) is 17.1 Å². The zero-order valence-corrected chi connectivity index (χ0v) is 17.6. The van der Waals surface area contributed by atoms with Gasteiger partial charge in [0.15, 0.2) is 5.82 Å². The number of hydrogen-bond acceptors (Lipinski definition) is 6. The molecule has 2 aromatic heterocycles. The predicted molar refractivity (Wildman–Crippen MR) is 120 cm³/mol. The van der Waals surface area contributed by atoms with Crippen molar-refractivity contribution in [2.24, 2.45) is 0 Å². The first-order valence-corrected chi connectivity index (χ1v) is 10.7. The first-order valence-electron chi connectivity index (χ1n) is 9.86. The summed E-state index contributed by atoms with van der Waals surface area (Å²) < 4.78 is 0. The van der Waals surface area contributed by atoms with E-state index in [-0.39, 0.29) is 5.91 Å². The molecule has 1 fully saturated rings. The summed E-state index contributed by atoms with van der Waals surface area (Å²) in [7, 11) is 3.85. The van der Waals surface area contributed by atoms with E-state index in [9.17, 15) is 4.79 Å². The Balaban J connectivity index is 1.52. The van der Waals surface area contributed by atoms with Crippen LogP contribution in [0.2, 0.25) is 0 Å². The first-order chi connectivity index (χ1) is 14.1. The minimum Gasteiger partial charge on any atom is -0.361 e. The van der Waals surface area contributed by atoms with Crippen LogP contribution in [0.4, 0.5) is 17.5 Å². The lowest BCUT2D eigenvalue weighted by molar-refractivity contribution is 0.102. The second-order valence-electron chi connectivity index (χ2n) is 7.36. The van der Waals surface area contributed by atoms with E-state index in [1.165, 1.54) is 24.1 Å². The van der Waals surface area contributed by atoms with Gasteiger partial charge in [0.2, 0.25) is 5.95 Å². The second-order valence-corrected chi connectivity index (χ2v) is 8.31. The van der Waals surface area contributed by atoms with Gasteiger partial charge in [-0.1, -0.05) is 18.2 Å². The van der Waals surface area contributed by atoms with Gasteiger partial charge >= 0.3 is 0 Å². The van der Waals surface area contributed by atoms with Gasteiger partial charge in [-0.05, 0) is 48.4 Å². The zero-order chi connectivity index (χ0) is 20.2. The summed E-state index contributed by atoms with van der Waals surface area (Å²) in [5.74, 6) is 1.27. The molecule has 3 aromatic rings. The van der Waals surface area contributed by atoms with Crippen LogP contribution in [0.3, 0.4) is 0 Å². The predicted octanol–water partition coefficient (Wildman–Crippen LogP) is 4.51. The summed E-state index contributed by atoms with van der Waals surface area (Å²) in [5, 5.41) is 5.02. The molecule has 1 aliphatic heterocycles. The number of carbonyl (C=O) groups is 1. The molecule has 0 bridgehead atoms. The van der Waals surface area contributed by atoms with Crippen LogP contribution in [-0.4, -0.2) is 43.1 Å². The summed E-state index contributed by atoms with van der Waals surface area (Å²) in [6, 6.07) is 11.7. The van der Waals surface area contributed by atoms with E-state index >= 15 is 0 Å². The molecule has 6 nitrogen and oxygen atoms in total. The number of amides is 1. The summed E-state index contributed by atoms with van der Waals surface area (Å²) in [6.07, 6.45) is 5.31. The van der Waals surface area contributed by atoms with Crippen LogP contribution in [0.15, 0.2) is 48.0 Å². The fourth-order valence-electron chi connectivity index (χ4n) is 3.46. The third-order valence-corrected chi connectivity index (χ3v) is 5.94. The molecule has 0 spiro atoms. The lowest BCUT2D eigenvalue weighted by Crippen LogP contribution is -2.31. The van der Waals surface area contributed by atoms with Crippen molar-refractivity contribution >= 4 is 34.7 Å². The highest BCUT2D eigenvalue weighted by Gasteiger charge is 2.18. The number of aromatic nitrogens is 2. The largest absolute Gasteiger partial charge is 0.361 e. The van der Waals surface area contributed by atoms with E-state index in [2.05, 4.69) is 21.3 Å². The Morgan fingerprint density at radius 3 is 2.52 bits per heavy atom. The molecule has 1 aromatic carbocycles. The molecule has 3 heterocycles. The van der Waals surface area contributed by atoms with Gasteiger partial charge < -0.3 is 15.1 Å². The average molecular weight is 408 g/mol. The molecular weight excluding hydrogens is 382 g/mol. The Morgan fingerprint density at radius 2 is 1.86 bits per heavy atom.